The number of carbonyl (C=O) groups excluding carboxylic acids is 2. The third-order valence-electron chi connectivity index (χ3n) is 4.96. The predicted molar refractivity (Wildman–Crippen MR) is 94.9 cm³/mol. The van der Waals surface area contributed by atoms with E-state index in [1.54, 1.807) is 0 Å². The van der Waals surface area contributed by atoms with E-state index in [-0.39, 0.29) is 12.5 Å². The largest absolute Gasteiger partial charge is 0.394 e. The second-order valence-electron chi connectivity index (χ2n) is 6.84. The molecule has 0 spiro atoms. The minimum Gasteiger partial charge on any atom is -0.394 e. The molecule has 1 fully saturated rings. The lowest BCUT2D eigenvalue weighted by Crippen LogP contribution is -2.68. The van der Waals surface area contributed by atoms with Crippen LogP contribution in [0.1, 0.15) is 0 Å². The first-order valence-corrected chi connectivity index (χ1v) is 8.86. The monoisotopic (exact) mass is 421 g/mol. The highest BCUT2D eigenvalue weighted by Gasteiger charge is 2.50. The van der Waals surface area contributed by atoms with E-state index in [1.807, 2.05) is 0 Å². The molecule has 29 heavy (non-hydrogen) atoms. The minimum absolute atomic E-state index is 0.139. The van der Waals surface area contributed by atoms with Crippen molar-refractivity contribution >= 4 is 18.2 Å². The van der Waals surface area contributed by atoms with Crippen LogP contribution in [0.25, 0.3) is 0 Å². The van der Waals surface area contributed by atoms with Crippen molar-refractivity contribution < 1.29 is 45.0 Å². The number of aliphatic imine (C=N–C) groups is 1. The molecule has 1 saturated heterocycles. The highest BCUT2D eigenvalue weighted by Crippen LogP contribution is 2.28. The van der Waals surface area contributed by atoms with Crippen molar-refractivity contribution in [2.75, 3.05) is 19.8 Å². The number of aldehydes is 1. The lowest BCUT2D eigenvalue weighted by Gasteiger charge is -2.46. The van der Waals surface area contributed by atoms with Crippen LogP contribution in [0, 0.1) is 0 Å². The van der Waals surface area contributed by atoms with Gasteiger partial charge >= 0.3 is 0 Å². The summed E-state index contributed by atoms with van der Waals surface area (Å²) >= 11 is 0. The van der Waals surface area contributed by atoms with E-state index in [0.29, 0.717) is 6.29 Å². The SMILES string of the molecule is NC1=NCC(C(O)[C@H](N)C(=O)N[C@H](C=O)CO)N1C1OC(CO)C(O)C(O)C1O. The molecule has 0 aromatic carbocycles. The number of nitrogens with one attached hydrogen (secondary N) is 1. The van der Waals surface area contributed by atoms with E-state index in [0.717, 1.165) is 4.90 Å². The minimum atomic E-state index is -1.69. The van der Waals surface area contributed by atoms with Crippen LogP contribution in [0.5, 0.6) is 0 Å². The molecule has 2 aliphatic rings. The van der Waals surface area contributed by atoms with Gasteiger partial charge in [-0.25, -0.2) is 0 Å². The van der Waals surface area contributed by atoms with E-state index in [4.69, 9.17) is 21.3 Å². The van der Waals surface area contributed by atoms with Crippen LogP contribution in [-0.4, -0.2) is 128 Å². The van der Waals surface area contributed by atoms with Gasteiger partial charge in [0.2, 0.25) is 5.91 Å². The summed E-state index contributed by atoms with van der Waals surface area (Å²) in [5.41, 5.74) is 11.6. The summed E-state index contributed by atoms with van der Waals surface area (Å²) in [7, 11) is 0. The smallest absolute Gasteiger partial charge is 0.240 e. The molecule has 0 bridgehead atoms. The van der Waals surface area contributed by atoms with Crippen molar-refractivity contribution in [1.82, 2.24) is 10.2 Å². The van der Waals surface area contributed by atoms with E-state index >= 15 is 0 Å². The molecule has 2 heterocycles. The number of hydrogen-bond donors (Lipinski definition) is 9. The first-order chi connectivity index (χ1) is 13.7. The van der Waals surface area contributed by atoms with Gasteiger partial charge in [-0.2, -0.15) is 0 Å². The molecule has 0 aliphatic carbocycles. The molecule has 14 heteroatoms. The number of nitrogens with two attached hydrogens (primary N) is 2. The van der Waals surface area contributed by atoms with Crippen molar-refractivity contribution in [2.45, 2.75) is 54.9 Å². The molecule has 14 nitrogen and oxygen atoms in total. The molecule has 0 radical (unpaired) electrons. The van der Waals surface area contributed by atoms with Crippen molar-refractivity contribution in [3.05, 3.63) is 0 Å². The van der Waals surface area contributed by atoms with Gasteiger partial charge in [-0.15, -0.1) is 0 Å². The van der Waals surface area contributed by atoms with E-state index in [9.17, 15) is 35.1 Å². The van der Waals surface area contributed by atoms with Gasteiger partial charge in [-0.05, 0) is 0 Å². The van der Waals surface area contributed by atoms with Gasteiger partial charge < -0.3 is 61.9 Å². The molecular weight excluding hydrogens is 394 g/mol. The number of nitrogens with zero attached hydrogens (tertiary/aromatic N) is 2. The molecule has 11 N–H and O–H groups in total. The topological polar surface area (TPSA) is 244 Å². The highest BCUT2D eigenvalue weighted by atomic mass is 16.6. The second kappa shape index (κ2) is 9.73. The van der Waals surface area contributed by atoms with Crippen LogP contribution < -0.4 is 16.8 Å². The maximum atomic E-state index is 12.2. The Hall–Kier alpha value is -1.91. The zero-order valence-electron chi connectivity index (χ0n) is 15.4. The molecule has 0 aromatic heterocycles. The van der Waals surface area contributed by atoms with Gasteiger partial charge in [0.15, 0.2) is 12.2 Å². The van der Waals surface area contributed by atoms with Crippen LogP contribution in [0.15, 0.2) is 4.99 Å². The van der Waals surface area contributed by atoms with Gasteiger partial charge in [-0.3, -0.25) is 9.79 Å². The summed E-state index contributed by atoms with van der Waals surface area (Å²) in [6.07, 6.45) is -8.92. The van der Waals surface area contributed by atoms with Gasteiger partial charge in [0.25, 0.3) is 0 Å². The lowest BCUT2D eigenvalue weighted by molar-refractivity contribution is -0.260. The predicted octanol–water partition coefficient (Wildman–Crippen LogP) is -6.85. The maximum Gasteiger partial charge on any atom is 0.240 e. The fourth-order valence-corrected chi connectivity index (χ4v) is 3.23. The molecule has 166 valence electrons. The van der Waals surface area contributed by atoms with Crippen LogP contribution in [0.4, 0.5) is 0 Å². The molecule has 7 unspecified atom stereocenters. The number of hydrogen-bond acceptors (Lipinski definition) is 13. The average molecular weight is 421 g/mol. The van der Waals surface area contributed by atoms with Crippen LogP contribution in [0.2, 0.25) is 0 Å². The fraction of sp³-hybridized carbons (Fsp3) is 0.800. The zero-order valence-corrected chi connectivity index (χ0v) is 15.4. The Labute approximate surface area is 165 Å². The molecule has 9 atom stereocenters. The summed E-state index contributed by atoms with van der Waals surface area (Å²) in [5, 5.41) is 61.2. The van der Waals surface area contributed by atoms with Gasteiger partial charge in [0.1, 0.15) is 48.9 Å². The second-order valence-corrected chi connectivity index (χ2v) is 6.84. The molecule has 0 aromatic rings. The Kier molecular flexibility index (Phi) is 7.84. The number of ether oxygens (including phenoxy) is 1. The van der Waals surface area contributed by atoms with E-state index < -0.39 is 74.0 Å². The Morgan fingerprint density at radius 2 is 1.97 bits per heavy atom. The number of rotatable bonds is 8. The lowest BCUT2D eigenvalue weighted by atomic mass is 9.95. The number of guanidine groups is 1. The quantitative estimate of drug-likeness (QED) is 0.166. The molecule has 0 saturated carbocycles. The first-order valence-electron chi connectivity index (χ1n) is 8.86. The van der Waals surface area contributed by atoms with Crippen molar-refractivity contribution in [2.24, 2.45) is 16.5 Å². The normalized spacial score (nSPS) is 35.6. The highest BCUT2D eigenvalue weighted by molar-refractivity contribution is 5.85. The van der Waals surface area contributed by atoms with Gasteiger partial charge in [0.05, 0.1) is 25.8 Å². The first kappa shape index (κ1) is 23.4. The summed E-state index contributed by atoms with van der Waals surface area (Å²) in [6.45, 7) is -1.47. The number of amides is 1. The fourth-order valence-electron chi connectivity index (χ4n) is 3.23. The summed E-state index contributed by atoms with van der Waals surface area (Å²) < 4.78 is 5.43. The van der Waals surface area contributed by atoms with E-state index in [2.05, 4.69) is 10.3 Å². The maximum absolute atomic E-state index is 12.2. The van der Waals surface area contributed by atoms with Gasteiger partial charge in [-0.1, -0.05) is 0 Å². The number of aliphatic hydroxyl groups excluding tert-OH is 6. The zero-order chi connectivity index (χ0) is 21.9. The number of carbonyl (C=O) groups is 2. The third kappa shape index (κ3) is 4.65. The molecule has 2 rings (SSSR count). The van der Waals surface area contributed by atoms with Crippen LogP contribution in [-0.2, 0) is 14.3 Å². The van der Waals surface area contributed by atoms with Crippen LogP contribution >= 0.6 is 0 Å². The Bertz CT molecular complexity index is 621. The summed E-state index contributed by atoms with van der Waals surface area (Å²) in [6, 6.07) is -3.84. The Balaban J connectivity index is 2.18. The Morgan fingerprint density at radius 1 is 1.31 bits per heavy atom. The van der Waals surface area contributed by atoms with Crippen molar-refractivity contribution in [3.63, 3.8) is 0 Å². The van der Waals surface area contributed by atoms with Gasteiger partial charge in [0, 0.05) is 0 Å². The molecule has 1 amide bonds. The van der Waals surface area contributed by atoms with E-state index in [1.165, 1.54) is 0 Å². The average Bonchev–Trinajstić information content (AvgIpc) is 3.10. The summed E-state index contributed by atoms with van der Waals surface area (Å²) in [5.74, 6) is -1.12. The van der Waals surface area contributed by atoms with Crippen molar-refractivity contribution in [1.29, 1.82) is 0 Å². The number of aliphatic hydroxyl groups is 6. The standard InChI is InChI=1S/C15H27N5O9/c16-8(13(28)19-5(2-21)3-22)9(24)6-1-18-15(17)20(6)14-12(27)11(26)10(25)7(4-23)29-14/h2,5-12,14,22-27H,1,3-4,16H2,(H2,17,18)(H,19,28)/t5-,6?,7?,8+,9?,10?,11?,12?,14?/m1/s1. The Morgan fingerprint density at radius 3 is 2.52 bits per heavy atom. The molecule has 2 aliphatic heterocycles. The molecular formula is C15H27N5O9. The summed E-state index contributed by atoms with van der Waals surface area (Å²) in [4.78, 5) is 27.9. The van der Waals surface area contributed by atoms with Crippen molar-refractivity contribution in [3.8, 4) is 0 Å². The van der Waals surface area contributed by atoms with Crippen LogP contribution in [0.3, 0.4) is 0 Å². The third-order valence-corrected chi connectivity index (χ3v) is 4.96.